The van der Waals surface area contributed by atoms with Gasteiger partial charge in [-0.25, -0.2) is 0 Å². The molecule has 0 aliphatic rings. The van der Waals surface area contributed by atoms with Gasteiger partial charge in [0.1, 0.15) is 0 Å². The van der Waals surface area contributed by atoms with E-state index in [1.165, 1.54) is 57.8 Å². The fraction of sp³-hybridized carbons (Fsp3) is 0.714. The van der Waals surface area contributed by atoms with Crippen LogP contribution in [-0.4, -0.2) is 0 Å². The second-order valence-corrected chi connectivity index (χ2v) is 6.96. The molecule has 0 N–H and O–H groups in total. The van der Waals surface area contributed by atoms with Crippen LogP contribution in [0.15, 0.2) is 11.9 Å². The normalized spacial score (nSPS) is 11.4. The van der Waals surface area contributed by atoms with E-state index in [4.69, 9.17) is 0 Å². The van der Waals surface area contributed by atoms with Crippen molar-refractivity contribution in [3.8, 4) is 0 Å². The average Bonchev–Trinajstić information content (AvgIpc) is 2.68. The minimum atomic E-state index is 0.937. The Kier molecular flexibility index (Phi) is 8.26. The van der Waals surface area contributed by atoms with Crippen LogP contribution in [0.5, 0.6) is 0 Å². The molecule has 0 amide bonds. The zero-order valence-electron chi connectivity index (χ0n) is 10.6. The van der Waals surface area contributed by atoms with Crippen LogP contribution in [0.4, 0.5) is 0 Å². The first kappa shape index (κ1) is 14.3. The molecule has 0 aliphatic carbocycles. The summed E-state index contributed by atoms with van der Waals surface area (Å²) in [6, 6.07) is 2.32. The van der Waals surface area contributed by atoms with Crippen LogP contribution in [0.25, 0.3) is 0 Å². The lowest BCUT2D eigenvalue weighted by Gasteiger charge is -2.02. The molecule has 16 heavy (non-hydrogen) atoms. The van der Waals surface area contributed by atoms with Crippen molar-refractivity contribution >= 4 is 22.5 Å². The van der Waals surface area contributed by atoms with Crippen LogP contribution in [0.1, 0.15) is 63.9 Å². The van der Waals surface area contributed by atoms with Crippen molar-refractivity contribution in [2.24, 2.45) is 0 Å². The Hall–Kier alpha value is 0.210. The summed E-state index contributed by atoms with van der Waals surface area (Å²) in [7, 11) is 3.83. The van der Waals surface area contributed by atoms with E-state index in [9.17, 15) is 0 Å². The van der Waals surface area contributed by atoms with Gasteiger partial charge in [0, 0.05) is 0 Å². The van der Waals surface area contributed by atoms with Gasteiger partial charge in [0.05, 0.1) is 0 Å². The summed E-state index contributed by atoms with van der Waals surface area (Å²) >= 11 is 0. The van der Waals surface area contributed by atoms with Crippen LogP contribution in [0.3, 0.4) is 0 Å². The molecule has 0 fully saturated rings. The fourth-order valence-electron chi connectivity index (χ4n) is 2.08. The van der Waals surface area contributed by atoms with Crippen molar-refractivity contribution in [3.63, 3.8) is 0 Å². The Morgan fingerprint density at radius 3 is 2.19 bits per heavy atom. The van der Waals surface area contributed by atoms with E-state index < -0.39 is 0 Å². The standard InChI is InChI=1S/C14H26P2/c1-2-3-4-5-6-7-8-9-10-13-11-12-16-14(13)15/h11-12,16H,2-10,15H2,1H3. The van der Waals surface area contributed by atoms with Crippen LogP contribution >= 0.6 is 17.4 Å². The molecule has 0 aliphatic heterocycles. The highest BCUT2D eigenvalue weighted by Gasteiger charge is 1.98. The third kappa shape index (κ3) is 6.07. The lowest BCUT2D eigenvalue weighted by molar-refractivity contribution is 0.576. The van der Waals surface area contributed by atoms with Crippen molar-refractivity contribution in [1.29, 1.82) is 0 Å². The summed E-state index contributed by atoms with van der Waals surface area (Å²) < 4.78 is 0. The van der Waals surface area contributed by atoms with Gasteiger partial charge in [-0.1, -0.05) is 57.9 Å². The maximum absolute atomic E-state index is 2.89. The maximum atomic E-state index is 2.89. The zero-order chi connectivity index (χ0) is 11.6. The van der Waals surface area contributed by atoms with Crippen LogP contribution in [0, 0.1) is 0 Å². The second-order valence-electron chi connectivity index (χ2n) is 4.64. The van der Waals surface area contributed by atoms with Crippen LogP contribution in [0.2, 0.25) is 0 Å². The Balaban J connectivity index is 1.91. The van der Waals surface area contributed by atoms with E-state index >= 15 is 0 Å². The number of unbranched alkanes of at least 4 members (excludes halogenated alkanes) is 7. The minimum absolute atomic E-state index is 0.937. The van der Waals surface area contributed by atoms with E-state index in [-0.39, 0.29) is 0 Å². The van der Waals surface area contributed by atoms with Gasteiger partial charge in [-0.15, -0.1) is 17.4 Å². The number of rotatable bonds is 9. The molecular weight excluding hydrogens is 230 g/mol. The van der Waals surface area contributed by atoms with Gasteiger partial charge < -0.3 is 0 Å². The average molecular weight is 256 g/mol. The van der Waals surface area contributed by atoms with Crippen molar-refractivity contribution in [1.82, 2.24) is 0 Å². The molecule has 1 heterocycles. The molecule has 2 unspecified atom stereocenters. The summed E-state index contributed by atoms with van der Waals surface area (Å²) in [5.41, 5.74) is 1.59. The first-order valence-electron chi connectivity index (χ1n) is 6.76. The van der Waals surface area contributed by atoms with Gasteiger partial charge in [-0.3, -0.25) is 0 Å². The van der Waals surface area contributed by atoms with Crippen molar-refractivity contribution in [2.45, 2.75) is 64.7 Å². The molecule has 2 atom stereocenters. The van der Waals surface area contributed by atoms with Crippen molar-refractivity contribution < 1.29 is 0 Å². The van der Waals surface area contributed by atoms with E-state index in [2.05, 4.69) is 28.0 Å². The first-order chi connectivity index (χ1) is 7.84. The van der Waals surface area contributed by atoms with E-state index in [1.54, 1.807) is 10.6 Å². The molecule has 0 saturated carbocycles. The SMILES string of the molecule is CCCCCCCCCCc1cc[pH]c1P. The van der Waals surface area contributed by atoms with Gasteiger partial charge in [0.15, 0.2) is 0 Å². The van der Waals surface area contributed by atoms with Crippen LogP contribution < -0.4 is 5.04 Å². The van der Waals surface area contributed by atoms with E-state index in [0.29, 0.717) is 0 Å². The summed E-state index contributed by atoms with van der Waals surface area (Å²) in [5, 5.41) is 1.54. The van der Waals surface area contributed by atoms with Gasteiger partial charge in [-0.05, 0) is 29.2 Å². The smallest absolute Gasteiger partial charge is 0.0108 e. The largest absolute Gasteiger partial charge is 0.132 e. The monoisotopic (exact) mass is 256 g/mol. The molecule has 0 spiro atoms. The summed E-state index contributed by atoms with van der Waals surface area (Å²) in [5.74, 6) is 2.31. The predicted octanol–water partition coefficient (Wildman–Crippen LogP) is 4.90. The van der Waals surface area contributed by atoms with Crippen LogP contribution in [-0.2, 0) is 6.42 Å². The molecule has 1 rings (SSSR count). The third-order valence-corrected chi connectivity index (χ3v) is 5.01. The fourth-order valence-corrected chi connectivity index (χ4v) is 3.47. The van der Waals surface area contributed by atoms with E-state index in [0.717, 1.165) is 8.19 Å². The highest BCUT2D eigenvalue weighted by Crippen LogP contribution is 2.16. The van der Waals surface area contributed by atoms with Crippen molar-refractivity contribution in [3.05, 3.63) is 17.4 Å². The first-order valence-corrected chi connectivity index (χ1v) is 8.41. The summed E-state index contributed by atoms with van der Waals surface area (Å²) in [6.07, 6.45) is 12.7. The molecular formula is C14H26P2. The molecule has 1 aromatic heterocycles. The van der Waals surface area contributed by atoms with Crippen molar-refractivity contribution in [2.75, 3.05) is 0 Å². The number of hydrogen-bond donors (Lipinski definition) is 0. The number of hydrogen-bond acceptors (Lipinski definition) is 0. The predicted molar refractivity (Wildman–Crippen MR) is 81.6 cm³/mol. The Morgan fingerprint density at radius 2 is 1.62 bits per heavy atom. The van der Waals surface area contributed by atoms with Gasteiger partial charge >= 0.3 is 0 Å². The Labute approximate surface area is 105 Å². The lowest BCUT2D eigenvalue weighted by atomic mass is 10.1. The second kappa shape index (κ2) is 9.26. The highest BCUT2D eigenvalue weighted by molar-refractivity contribution is 7.51. The third-order valence-electron chi connectivity index (χ3n) is 3.17. The maximum Gasteiger partial charge on any atom is -0.0108 e. The quantitative estimate of drug-likeness (QED) is 0.435. The molecule has 0 saturated heterocycles. The number of aryl methyl sites for hydroxylation is 1. The summed E-state index contributed by atoms with van der Waals surface area (Å²) in [6.45, 7) is 2.28. The van der Waals surface area contributed by atoms with Gasteiger partial charge in [-0.2, -0.15) is 0 Å². The molecule has 2 heteroatoms. The minimum Gasteiger partial charge on any atom is -0.132 e. The van der Waals surface area contributed by atoms with Gasteiger partial charge in [0.25, 0.3) is 0 Å². The molecule has 92 valence electrons. The topological polar surface area (TPSA) is 0 Å². The molecule has 0 bridgehead atoms. The van der Waals surface area contributed by atoms with Gasteiger partial charge in [0.2, 0.25) is 0 Å². The Morgan fingerprint density at radius 1 is 1.00 bits per heavy atom. The highest BCUT2D eigenvalue weighted by atomic mass is 31.1. The lowest BCUT2D eigenvalue weighted by Crippen LogP contribution is -1.93. The Bertz CT molecular complexity index is 265. The molecule has 0 radical (unpaired) electrons. The molecule has 0 nitrogen and oxygen atoms in total. The molecule has 0 aromatic carbocycles. The summed E-state index contributed by atoms with van der Waals surface area (Å²) in [4.78, 5) is 0. The molecule has 1 aromatic rings. The zero-order valence-corrected chi connectivity index (χ0v) is 12.8. The van der Waals surface area contributed by atoms with E-state index in [1.807, 2.05) is 0 Å².